The number of fused-ring (bicyclic) bond motifs is 9. The summed E-state index contributed by atoms with van der Waals surface area (Å²) in [6.45, 7) is 18.1. The van der Waals surface area contributed by atoms with Crippen LogP contribution in [0, 0.1) is 48.3 Å². The van der Waals surface area contributed by atoms with Crippen molar-refractivity contribution in [1.29, 1.82) is 5.26 Å². The Morgan fingerprint density at radius 2 is 0.992 bits per heavy atom. The number of aromatic nitrogens is 9. The molecule has 15 heterocycles. The van der Waals surface area contributed by atoms with Gasteiger partial charge in [-0.2, -0.15) is 5.26 Å². The molecule has 628 valence electrons. The third-order valence-corrected chi connectivity index (χ3v) is 29.9. The molecule has 0 radical (unpaired) electrons. The number of hydrogen-bond donors (Lipinski definition) is 4. The van der Waals surface area contributed by atoms with E-state index < -0.39 is 0 Å². The Morgan fingerprint density at radius 3 is 1.59 bits per heavy atom. The minimum Gasteiger partial charge on any atom is -0.485 e. The van der Waals surface area contributed by atoms with E-state index in [-0.39, 0.29) is 46.0 Å². The van der Waals surface area contributed by atoms with Crippen LogP contribution in [-0.2, 0) is 56.5 Å². The lowest BCUT2D eigenvalue weighted by Gasteiger charge is -2.43. The van der Waals surface area contributed by atoms with Crippen molar-refractivity contribution in [2.24, 2.45) is 54.2 Å². The molecular weight excluding hydrogens is 1530 g/mol. The number of likely N-dealkylation sites (tertiary alicyclic amines) is 1. The van der Waals surface area contributed by atoms with Crippen molar-refractivity contribution in [2.75, 3.05) is 91.7 Å². The van der Waals surface area contributed by atoms with Crippen LogP contribution in [0.3, 0.4) is 0 Å². The second-order valence-corrected chi connectivity index (χ2v) is 36.8. The molecule has 4 aromatic carbocycles. The molecule has 4 spiro atoms. The number of aliphatic imine (C=N–C) groups is 3. The van der Waals surface area contributed by atoms with Gasteiger partial charge in [0.2, 0.25) is 0 Å². The fraction of sp³-hybridized carbons (Fsp3) is 0.444. The van der Waals surface area contributed by atoms with Crippen LogP contribution in [-0.4, -0.2) is 145 Å². The maximum absolute atomic E-state index is 9.23. The molecule has 5 atom stereocenters. The van der Waals surface area contributed by atoms with Crippen LogP contribution in [0.1, 0.15) is 227 Å². The topological polar surface area (TPSA) is 316 Å². The van der Waals surface area contributed by atoms with Gasteiger partial charge in [-0.25, -0.2) is 39.9 Å². The Balaban J connectivity index is 0.000000101. The van der Waals surface area contributed by atoms with E-state index in [1.54, 1.807) is 0 Å². The van der Waals surface area contributed by atoms with E-state index in [0.717, 1.165) is 288 Å². The smallest absolute Gasteiger partial charge is 0.156 e. The molecule has 24 heteroatoms. The number of piperidine rings is 4. The number of hydrogen-bond acceptors (Lipinski definition) is 24. The van der Waals surface area contributed by atoms with Crippen molar-refractivity contribution >= 4 is 51.7 Å². The van der Waals surface area contributed by atoms with Crippen LogP contribution in [0.4, 0.5) is 23.1 Å². The van der Waals surface area contributed by atoms with Gasteiger partial charge in [-0.3, -0.25) is 20.0 Å². The van der Waals surface area contributed by atoms with Gasteiger partial charge in [0.15, 0.2) is 11.7 Å². The van der Waals surface area contributed by atoms with Crippen LogP contribution >= 0.6 is 0 Å². The van der Waals surface area contributed by atoms with Gasteiger partial charge < -0.3 is 56.9 Å². The Hall–Kier alpha value is -11.3. The number of amidine groups is 2. The van der Waals surface area contributed by atoms with E-state index in [1.165, 1.54) is 63.8 Å². The van der Waals surface area contributed by atoms with Gasteiger partial charge in [0, 0.05) is 108 Å². The SMILES string of the molecule is Cc1nc2c(nc1N1CCC3(CC1)Cc1ccccc1[C@H]3N)CC=C2C#N.Cc1nc2c(nc1N1CCC3(CC1)Cc1ccccc1[C@H]3N)CN=C2C1=CCOCC1.Cc1nc2c(nc1N1CCC3(CC1)Oc1ccccc1[C@H]3N)CN=C2N1CCCCC1.N[C@@H]1c2ccccc2C[C@@]12CC=C(c1cnc3c(n1)CN=C3N1CCCc3ncccc31)CC2. The third kappa shape index (κ3) is 14.1. The zero-order valence-corrected chi connectivity index (χ0v) is 71.1. The number of aryl methyl sites for hydroxylation is 4. The Kier molecular flexibility index (Phi) is 20.6. The first-order valence-electron chi connectivity index (χ1n) is 45.1. The van der Waals surface area contributed by atoms with Crippen molar-refractivity contribution in [3.8, 4) is 11.8 Å². The molecule has 9 aromatic rings. The summed E-state index contributed by atoms with van der Waals surface area (Å²) < 4.78 is 11.9. The van der Waals surface area contributed by atoms with Crippen LogP contribution in [0.15, 0.2) is 160 Å². The number of nitrogens with zero attached hydrogens (tertiary/aromatic N) is 18. The molecule has 10 aliphatic heterocycles. The normalized spacial score (nSPS) is 23.9. The summed E-state index contributed by atoms with van der Waals surface area (Å²) in [5.74, 6) is 5.93. The summed E-state index contributed by atoms with van der Waals surface area (Å²) in [5.41, 5.74) is 54.4. The van der Waals surface area contributed by atoms with Crippen molar-refractivity contribution in [3.63, 3.8) is 0 Å². The second-order valence-electron chi connectivity index (χ2n) is 36.8. The zero-order valence-electron chi connectivity index (χ0n) is 71.1. The predicted octanol–water partition coefficient (Wildman–Crippen LogP) is 13.7. The average molecular weight is 1640 g/mol. The number of para-hydroxylation sites is 1. The summed E-state index contributed by atoms with van der Waals surface area (Å²) in [6.07, 6.45) is 30.2. The van der Waals surface area contributed by atoms with Gasteiger partial charge in [0.25, 0.3) is 0 Å². The lowest BCUT2D eigenvalue weighted by atomic mass is 9.70. The molecule has 0 saturated carbocycles. The molecule has 0 bridgehead atoms. The standard InChI is InChI=1S/C28H28N6.C25H29N5O.C24H30N6O.C22H23N5/c29-26-20-6-2-1-5-19(20)15-28(26)11-9-18(10-12-28)22-16-31-25-23(33-22)17-32-27(25)34-14-4-7-21-24(34)8-3-13-30-21;1-16-24(29-20-15-27-21(22(20)28-16)17-6-12-31-13-7-17)30-10-8-25(9-11-30)14-18-4-2-3-5-19(18)23(25)26;1-16-22(28-18-15-26-23(20(18)27-16)29-11-5-2-6-12-29)30-13-9-24(10-14-30)21(25)17-7-3-4-8-19(17)31-24;1-14-21(26-18-7-6-16(13-23)19(18)25-14)27-10-8-22(9-11-27)12-15-4-2-3-5-17(15)20(22)24/h1-3,5-6,8-9,13,16,26H,4,7,10-12,14-15,17,29H2;2-6,23H,7-15,26H2,1H3;3-4,7-8,21H,2,5-6,9-15,25H2,1H3;2-6,20H,7-12,24H2,1H3/t26-,28+;23-;21-;20-/m1111/s1. The maximum atomic E-state index is 9.23. The molecule has 24 rings (SSSR count). The van der Waals surface area contributed by atoms with Crippen LogP contribution in [0.2, 0.25) is 0 Å². The van der Waals surface area contributed by atoms with Crippen molar-refractivity contribution in [1.82, 2.24) is 49.8 Å². The van der Waals surface area contributed by atoms with Crippen LogP contribution < -0.4 is 47.3 Å². The van der Waals surface area contributed by atoms with Crippen LogP contribution in [0.25, 0.3) is 11.1 Å². The first-order valence-corrected chi connectivity index (χ1v) is 45.1. The number of benzene rings is 4. The van der Waals surface area contributed by atoms with E-state index in [1.807, 2.05) is 49.7 Å². The van der Waals surface area contributed by atoms with Gasteiger partial charge in [-0.05, 0) is 202 Å². The number of anilines is 4. The minimum absolute atomic E-state index is 0.0708. The highest BCUT2D eigenvalue weighted by Gasteiger charge is 2.52. The summed E-state index contributed by atoms with van der Waals surface area (Å²) in [4.78, 5) is 70.4. The highest BCUT2D eigenvalue weighted by molar-refractivity contribution is 6.14. The predicted molar refractivity (Wildman–Crippen MR) is 481 cm³/mol. The molecule has 5 aromatic heterocycles. The lowest BCUT2D eigenvalue weighted by Crippen LogP contribution is -2.51. The van der Waals surface area contributed by atoms with E-state index in [4.69, 9.17) is 87.3 Å². The monoisotopic (exact) mass is 1640 g/mol. The minimum atomic E-state index is -0.303. The van der Waals surface area contributed by atoms with Gasteiger partial charge in [0.1, 0.15) is 57.6 Å². The molecule has 4 saturated heterocycles. The van der Waals surface area contributed by atoms with Gasteiger partial charge >= 0.3 is 0 Å². The molecule has 8 N–H and O–H groups in total. The molecule has 0 unspecified atom stereocenters. The molecule has 5 aliphatic carbocycles. The zero-order chi connectivity index (χ0) is 83.3. The van der Waals surface area contributed by atoms with E-state index >= 15 is 0 Å². The summed E-state index contributed by atoms with van der Waals surface area (Å²) in [5, 5.41) is 9.23. The summed E-state index contributed by atoms with van der Waals surface area (Å²) >= 11 is 0. The van der Waals surface area contributed by atoms with Gasteiger partial charge in [-0.1, -0.05) is 109 Å². The first kappa shape index (κ1) is 78.9. The highest BCUT2D eigenvalue weighted by atomic mass is 16.5. The lowest BCUT2D eigenvalue weighted by molar-refractivity contribution is 0.0430. The van der Waals surface area contributed by atoms with E-state index in [2.05, 4.69) is 146 Å². The molecule has 0 amide bonds. The number of nitrogens with two attached hydrogens (primary N) is 4. The third-order valence-electron chi connectivity index (χ3n) is 29.9. The molecule has 15 aliphatic rings. The fourth-order valence-corrected chi connectivity index (χ4v) is 22.9. The average Bonchev–Trinajstić information content (AvgIpc) is 1.63. The number of pyridine rings is 1. The maximum Gasteiger partial charge on any atom is 0.156 e. The van der Waals surface area contributed by atoms with Gasteiger partial charge in [0.05, 0.1) is 113 Å². The Bertz CT molecular complexity index is 5910. The fourth-order valence-electron chi connectivity index (χ4n) is 22.9. The highest BCUT2D eigenvalue weighted by Crippen LogP contribution is 2.56. The number of ether oxygens (including phenoxy) is 2. The van der Waals surface area contributed by atoms with Crippen molar-refractivity contribution in [3.05, 3.63) is 258 Å². The molecule has 123 heavy (non-hydrogen) atoms. The van der Waals surface area contributed by atoms with Crippen molar-refractivity contribution < 1.29 is 9.47 Å². The Morgan fingerprint density at radius 1 is 0.439 bits per heavy atom. The second kappa shape index (κ2) is 32.1. The molecular formula is C99H110N22O2. The summed E-state index contributed by atoms with van der Waals surface area (Å²) in [7, 11) is 0. The first-order chi connectivity index (χ1) is 60.1. The number of allylic oxidation sites excluding steroid dienone is 4. The largest absolute Gasteiger partial charge is 0.485 e. The molecule has 4 fully saturated rings. The number of nitriles is 1. The Labute approximate surface area is 720 Å². The summed E-state index contributed by atoms with van der Waals surface area (Å²) in [6, 6.07) is 40.9. The van der Waals surface area contributed by atoms with Crippen molar-refractivity contribution in [2.45, 2.75) is 192 Å². The van der Waals surface area contributed by atoms with Crippen LogP contribution in [0.5, 0.6) is 5.75 Å². The quantitative estimate of drug-likeness (QED) is 0.124. The van der Waals surface area contributed by atoms with E-state index in [9.17, 15) is 5.26 Å². The molecule has 24 nitrogen and oxygen atoms in total. The van der Waals surface area contributed by atoms with E-state index in [0.29, 0.717) is 38.2 Å². The number of rotatable bonds is 5. The van der Waals surface area contributed by atoms with Gasteiger partial charge in [-0.15, -0.1) is 0 Å².